The Labute approximate surface area is 90.6 Å². The largest absolute Gasteiger partial charge is 0.313 e. The van der Waals surface area contributed by atoms with Crippen molar-refractivity contribution in [3.8, 4) is 0 Å². The summed E-state index contributed by atoms with van der Waals surface area (Å²) in [7, 11) is 0. The van der Waals surface area contributed by atoms with E-state index in [0.717, 1.165) is 24.3 Å². The molecule has 0 aromatic heterocycles. The predicted octanol–water partition coefficient (Wildman–Crippen LogP) is 3.52. The molecule has 0 bridgehead atoms. The molecule has 1 atom stereocenters. The van der Waals surface area contributed by atoms with Crippen molar-refractivity contribution in [3.63, 3.8) is 0 Å². The minimum Gasteiger partial charge on any atom is -0.313 e. The van der Waals surface area contributed by atoms with Gasteiger partial charge in [-0.3, -0.25) is 0 Å². The summed E-state index contributed by atoms with van der Waals surface area (Å²) < 4.78 is 10.9. The van der Waals surface area contributed by atoms with Crippen LogP contribution in [0, 0.1) is 0 Å². The molecule has 2 nitrogen and oxygen atoms in total. The van der Waals surface area contributed by atoms with E-state index in [1.807, 2.05) is 0 Å². The van der Waals surface area contributed by atoms with Gasteiger partial charge in [0.25, 0.3) is 0 Å². The Morgan fingerprint density at radius 2 is 1.77 bits per heavy atom. The van der Waals surface area contributed by atoms with Gasteiger partial charge >= 0.3 is 0 Å². The van der Waals surface area contributed by atoms with Gasteiger partial charge in [-0.1, -0.05) is 27.2 Å². The fraction of sp³-hybridized carbons (Fsp3) is 1.00. The Morgan fingerprint density at radius 1 is 1.08 bits per heavy atom. The molecule has 0 rings (SSSR count). The van der Waals surface area contributed by atoms with Crippen molar-refractivity contribution < 1.29 is 8.37 Å². The second kappa shape index (κ2) is 10.7. The molecule has 0 saturated heterocycles. The van der Waals surface area contributed by atoms with E-state index in [1.54, 1.807) is 0 Å². The van der Waals surface area contributed by atoms with Gasteiger partial charge in [-0.05, 0) is 30.5 Å². The molecule has 0 aromatic carbocycles. The quantitative estimate of drug-likeness (QED) is 0.440. The molecular formula is C9H20O2S2. The summed E-state index contributed by atoms with van der Waals surface area (Å²) in [5.74, 6) is 2.00. The highest BCUT2D eigenvalue weighted by Gasteiger charge is 2.08. The first-order valence-corrected chi connectivity index (χ1v) is 6.69. The van der Waals surface area contributed by atoms with Gasteiger partial charge < -0.3 is 8.37 Å². The summed E-state index contributed by atoms with van der Waals surface area (Å²) in [6.45, 7) is 7.05. The second-order valence-corrected chi connectivity index (χ2v) is 4.66. The summed E-state index contributed by atoms with van der Waals surface area (Å²) in [6.07, 6.45) is 2.49. The van der Waals surface area contributed by atoms with E-state index in [1.165, 1.54) is 24.1 Å². The molecule has 0 fully saturated rings. The van der Waals surface area contributed by atoms with E-state index in [-0.39, 0.29) is 6.10 Å². The fourth-order valence-electron chi connectivity index (χ4n) is 0.853. The molecule has 0 N–H and O–H groups in total. The lowest BCUT2D eigenvalue weighted by Gasteiger charge is -2.14. The molecule has 0 aliphatic rings. The van der Waals surface area contributed by atoms with E-state index < -0.39 is 0 Å². The van der Waals surface area contributed by atoms with Gasteiger partial charge in [0.1, 0.15) is 0 Å². The zero-order chi connectivity index (χ0) is 9.94. The molecule has 0 aliphatic heterocycles. The maximum absolute atomic E-state index is 5.56. The van der Waals surface area contributed by atoms with Crippen molar-refractivity contribution in [2.24, 2.45) is 0 Å². The van der Waals surface area contributed by atoms with Crippen LogP contribution < -0.4 is 0 Å². The lowest BCUT2D eigenvalue weighted by Crippen LogP contribution is -2.15. The van der Waals surface area contributed by atoms with Crippen LogP contribution in [0.25, 0.3) is 0 Å². The summed E-state index contributed by atoms with van der Waals surface area (Å²) in [4.78, 5) is 0. The van der Waals surface area contributed by atoms with Crippen LogP contribution in [-0.2, 0) is 8.37 Å². The first-order chi connectivity index (χ1) is 6.35. The SMILES string of the molecule is CCCC(COSCC)OSCC. The van der Waals surface area contributed by atoms with E-state index in [0.29, 0.717) is 6.61 Å². The molecule has 0 amide bonds. The maximum Gasteiger partial charge on any atom is 0.0967 e. The standard InChI is InChI=1S/C9H20O2S2/c1-4-7-9(11-13-6-3)8-10-12-5-2/h9H,4-8H2,1-3H3. The smallest absolute Gasteiger partial charge is 0.0967 e. The Hall–Kier alpha value is 0.620. The van der Waals surface area contributed by atoms with Gasteiger partial charge in [-0.25, -0.2) is 0 Å². The third-order valence-corrected chi connectivity index (χ3v) is 2.57. The van der Waals surface area contributed by atoms with Gasteiger partial charge in [0.15, 0.2) is 0 Å². The molecule has 0 saturated carbocycles. The van der Waals surface area contributed by atoms with Crippen molar-refractivity contribution in [3.05, 3.63) is 0 Å². The van der Waals surface area contributed by atoms with Crippen LogP contribution in [0.4, 0.5) is 0 Å². The first-order valence-electron chi connectivity index (χ1n) is 4.87. The van der Waals surface area contributed by atoms with E-state index in [2.05, 4.69) is 20.8 Å². The van der Waals surface area contributed by atoms with Crippen molar-refractivity contribution in [2.45, 2.75) is 39.7 Å². The van der Waals surface area contributed by atoms with Gasteiger partial charge in [0.05, 0.1) is 12.7 Å². The third kappa shape index (κ3) is 8.94. The van der Waals surface area contributed by atoms with Crippen LogP contribution in [0.3, 0.4) is 0 Å². The Morgan fingerprint density at radius 3 is 2.31 bits per heavy atom. The predicted molar refractivity (Wildman–Crippen MR) is 62.0 cm³/mol. The van der Waals surface area contributed by atoms with Crippen LogP contribution >= 0.6 is 24.1 Å². The Kier molecular flexibility index (Phi) is 11.2. The van der Waals surface area contributed by atoms with E-state index >= 15 is 0 Å². The number of hydrogen-bond donors (Lipinski definition) is 0. The highest BCUT2D eigenvalue weighted by atomic mass is 32.2. The third-order valence-electron chi connectivity index (χ3n) is 1.39. The Bertz CT molecular complexity index is 102. The normalized spacial score (nSPS) is 13.2. The van der Waals surface area contributed by atoms with Crippen LogP contribution in [0.1, 0.15) is 33.6 Å². The van der Waals surface area contributed by atoms with Crippen LogP contribution in [0.5, 0.6) is 0 Å². The average Bonchev–Trinajstić information content (AvgIpc) is 2.14. The van der Waals surface area contributed by atoms with Gasteiger partial charge in [0, 0.05) is 11.5 Å². The molecule has 0 radical (unpaired) electrons. The number of rotatable bonds is 9. The second-order valence-electron chi connectivity index (χ2n) is 2.60. The topological polar surface area (TPSA) is 18.5 Å². The molecule has 0 aromatic rings. The molecule has 4 heteroatoms. The average molecular weight is 224 g/mol. The van der Waals surface area contributed by atoms with Gasteiger partial charge in [-0.2, -0.15) is 0 Å². The summed E-state index contributed by atoms with van der Waals surface area (Å²) >= 11 is 3.03. The van der Waals surface area contributed by atoms with E-state index in [9.17, 15) is 0 Å². The molecule has 0 spiro atoms. The zero-order valence-electron chi connectivity index (χ0n) is 8.75. The number of hydrogen-bond acceptors (Lipinski definition) is 4. The monoisotopic (exact) mass is 224 g/mol. The lowest BCUT2D eigenvalue weighted by molar-refractivity contribution is 0.157. The zero-order valence-corrected chi connectivity index (χ0v) is 10.4. The van der Waals surface area contributed by atoms with Crippen molar-refractivity contribution >= 4 is 24.1 Å². The first kappa shape index (κ1) is 13.6. The molecule has 13 heavy (non-hydrogen) atoms. The minimum atomic E-state index is 0.258. The molecule has 0 aliphatic carbocycles. The molecular weight excluding hydrogens is 204 g/mol. The van der Waals surface area contributed by atoms with Gasteiger partial charge in [-0.15, -0.1) is 0 Å². The lowest BCUT2D eigenvalue weighted by atomic mass is 10.2. The van der Waals surface area contributed by atoms with Crippen molar-refractivity contribution in [1.29, 1.82) is 0 Å². The van der Waals surface area contributed by atoms with Crippen LogP contribution in [-0.4, -0.2) is 24.2 Å². The van der Waals surface area contributed by atoms with E-state index in [4.69, 9.17) is 8.37 Å². The highest BCUT2D eigenvalue weighted by Crippen LogP contribution is 2.14. The summed E-state index contributed by atoms with van der Waals surface area (Å²) in [5.41, 5.74) is 0. The van der Waals surface area contributed by atoms with Gasteiger partial charge in [0.2, 0.25) is 0 Å². The van der Waals surface area contributed by atoms with Crippen molar-refractivity contribution in [1.82, 2.24) is 0 Å². The molecule has 1 unspecified atom stereocenters. The molecule has 0 heterocycles. The molecule has 80 valence electrons. The maximum atomic E-state index is 5.56. The summed E-state index contributed by atoms with van der Waals surface area (Å²) in [5, 5.41) is 0. The highest BCUT2D eigenvalue weighted by molar-refractivity contribution is 7.94. The Balaban J connectivity index is 3.41. The fourth-order valence-corrected chi connectivity index (χ4v) is 1.75. The van der Waals surface area contributed by atoms with Crippen LogP contribution in [0.15, 0.2) is 0 Å². The van der Waals surface area contributed by atoms with Crippen LogP contribution in [0.2, 0.25) is 0 Å². The summed E-state index contributed by atoms with van der Waals surface area (Å²) in [6, 6.07) is 0. The minimum absolute atomic E-state index is 0.258. The van der Waals surface area contributed by atoms with Crippen molar-refractivity contribution in [2.75, 3.05) is 18.1 Å².